The van der Waals surface area contributed by atoms with Crippen LogP contribution in [-0.2, 0) is 40.0 Å². The topological polar surface area (TPSA) is 136 Å². The number of carbonyl (C=O) groups excluding carboxylic acids is 3. The minimum Gasteiger partial charge on any atom is -1.00 e. The van der Waals surface area contributed by atoms with E-state index in [0.717, 1.165) is 0 Å². The van der Waals surface area contributed by atoms with Crippen LogP contribution >= 0.6 is 0 Å². The van der Waals surface area contributed by atoms with E-state index in [-0.39, 0.29) is 44.2 Å². The van der Waals surface area contributed by atoms with Gasteiger partial charge >= 0.3 is 47.5 Å². The third kappa shape index (κ3) is 26.1. The van der Waals surface area contributed by atoms with E-state index in [0.29, 0.717) is 0 Å². The van der Waals surface area contributed by atoms with Crippen LogP contribution in [0.25, 0.3) is 0 Å². The molecule has 0 aliphatic carbocycles. The summed E-state index contributed by atoms with van der Waals surface area (Å²) in [6.45, 7) is 3.44. The first kappa shape index (κ1) is 24.5. The number of carbonyl (C=O) groups is 3. The molecule has 0 aromatic heterocycles. The molecule has 0 aromatic carbocycles. The molecule has 0 aromatic rings. The minimum atomic E-state index is -2.61. The third-order valence-electron chi connectivity index (χ3n) is 1.28. The Morgan fingerprint density at radius 2 is 1.30 bits per heavy atom. The molecule has 0 bridgehead atoms. The van der Waals surface area contributed by atoms with Gasteiger partial charge in [0.25, 0.3) is 11.4 Å². The van der Waals surface area contributed by atoms with E-state index in [1.54, 1.807) is 0 Å². The van der Waals surface area contributed by atoms with Crippen molar-refractivity contribution in [2.45, 2.75) is 26.9 Å². The summed E-state index contributed by atoms with van der Waals surface area (Å²) in [6, 6.07) is 0. The summed E-state index contributed by atoms with van der Waals surface area (Å²) in [7, 11) is 0. The van der Waals surface area contributed by atoms with Gasteiger partial charge in [-0.3, -0.25) is 23.5 Å². The van der Waals surface area contributed by atoms with Gasteiger partial charge in [0.2, 0.25) is 0 Å². The van der Waals surface area contributed by atoms with E-state index in [4.69, 9.17) is 18.1 Å². The fourth-order valence-electron chi connectivity index (χ4n) is 0.771. The van der Waals surface area contributed by atoms with Gasteiger partial charge in [0.05, 0.1) is 0 Å². The van der Waals surface area contributed by atoms with Gasteiger partial charge in [-0.05, 0) is 0 Å². The molecule has 0 atom stereocenters. The maximum absolute atomic E-state index is 10.6. The molecule has 0 unspecified atom stereocenters. The predicted octanol–water partition coefficient (Wildman–Crippen LogP) is -3.16. The van der Waals surface area contributed by atoms with Crippen LogP contribution in [-0.4, -0.2) is 50.5 Å². The molecule has 2 N–H and O–H groups in total. The number of ether oxygens (including phenoxy) is 3. The fraction of sp³-hybridized carbons (Fsp3) is 0.667. The van der Waals surface area contributed by atoms with Gasteiger partial charge in [0.15, 0.2) is 6.10 Å². The third-order valence-corrected chi connectivity index (χ3v) is 1.28. The Morgan fingerprint density at radius 3 is 1.50 bits per heavy atom. The molecular formula is C9H17NaO9S. The second kappa shape index (κ2) is 14.9. The zero-order chi connectivity index (χ0) is 15.4. The molecule has 0 saturated heterocycles. The van der Waals surface area contributed by atoms with Crippen LogP contribution in [0.3, 0.4) is 0 Å². The van der Waals surface area contributed by atoms with E-state index in [9.17, 15) is 14.4 Å². The van der Waals surface area contributed by atoms with E-state index in [1.807, 2.05) is 0 Å². The van der Waals surface area contributed by atoms with Crippen molar-refractivity contribution in [3.8, 4) is 0 Å². The first-order valence-corrected chi connectivity index (χ1v) is 5.95. The van der Waals surface area contributed by atoms with Crippen LogP contribution in [0, 0.1) is 0 Å². The van der Waals surface area contributed by atoms with Crippen molar-refractivity contribution in [1.29, 1.82) is 0 Å². The van der Waals surface area contributed by atoms with E-state index < -0.39 is 35.4 Å². The molecule has 0 fully saturated rings. The van der Waals surface area contributed by atoms with Crippen LogP contribution in [0.5, 0.6) is 0 Å². The number of rotatable bonds is 5. The Morgan fingerprint density at radius 1 is 1.00 bits per heavy atom. The Labute approximate surface area is 142 Å². The molecule has 0 heterocycles. The van der Waals surface area contributed by atoms with Gasteiger partial charge in [-0.25, -0.2) is 0 Å². The summed E-state index contributed by atoms with van der Waals surface area (Å²) in [6.07, 6.45) is -0.754. The molecule has 0 amide bonds. The first-order chi connectivity index (χ1) is 8.65. The molecule has 20 heavy (non-hydrogen) atoms. The SMILES string of the molecule is CC(=O)OCC(COC(C)=O)OC(C)=O.O=S(O)O.[H-].[Na+]. The van der Waals surface area contributed by atoms with Crippen LogP contribution in [0.4, 0.5) is 0 Å². The van der Waals surface area contributed by atoms with Gasteiger partial charge in [-0.15, -0.1) is 0 Å². The van der Waals surface area contributed by atoms with Gasteiger partial charge in [0.1, 0.15) is 13.2 Å². The maximum Gasteiger partial charge on any atom is 1.00 e. The quantitative estimate of drug-likeness (QED) is 0.232. The van der Waals surface area contributed by atoms with Crippen LogP contribution in [0.2, 0.25) is 0 Å². The molecule has 0 aliphatic heterocycles. The number of hydrogen-bond acceptors (Lipinski definition) is 7. The Bertz CT molecular complexity index is 317. The van der Waals surface area contributed by atoms with Crippen LogP contribution < -0.4 is 29.6 Å². The first-order valence-electron chi connectivity index (χ1n) is 4.89. The molecule has 0 rings (SSSR count). The molecule has 0 saturated carbocycles. The van der Waals surface area contributed by atoms with Crippen molar-refractivity contribution in [1.82, 2.24) is 0 Å². The summed E-state index contributed by atoms with van der Waals surface area (Å²) < 4.78 is 36.9. The van der Waals surface area contributed by atoms with Gasteiger partial charge in [-0.1, -0.05) is 0 Å². The molecule has 11 heteroatoms. The van der Waals surface area contributed by atoms with Gasteiger partial charge < -0.3 is 15.6 Å². The fourth-order valence-corrected chi connectivity index (χ4v) is 0.771. The predicted molar refractivity (Wildman–Crippen MR) is 63.3 cm³/mol. The second-order valence-electron chi connectivity index (χ2n) is 3.07. The van der Waals surface area contributed by atoms with Crippen molar-refractivity contribution in [3.05, 3.63) is 0 Å². The Hall–Kier alpha value is -0.520. The van der Waals surface area contributed by atoms with Crippen molar-refractivity contribution >= 4 is 29.3 Å². The zero-order valence-electron chi connectivity index (χ0n) is 12.7. The van der Waals surface area contributed by atoms with Gasteiger partial charge in [-0.2, -0.15) is 4.21 Å². The van der Waals surface area contributed by atoms with Crippen LogP contribution in [0.15, 0.2) is 0 Å². The van der Waals surface area contributed by atoms with Crippen molar-refractivity contribution in [2.75, 3.05) is 13.2 Å². The van der Waals surface area contributed by atoms with Crippen molar-refractivity contribution < 1.29 is 72.9 Å². The number of hydrogen-bond donors (Lipinski definition) is 2. The second-order valence-corrected chi connectivity index (χ2v) is 3.53. The number of esters is 3. The van der Waals surface area contributed by atoms with E-state index >= 15 is 0 Å². The monoisotopic (exact) mass is 324 g/mol. The maximum atomic E-state index is 10.6. The molecule has 0 radical (unpaired) electrons. The summed E-state index contributed by atoms with van der Waals surface area (Å²) in [4.78, 5) is 31.6. The Kier molecular flexibility index (Phi) is 18.2. The summed E-state index contributed by atoms with van der Waals surface area (Å²) >= 11 is -2.61. The largest absolute Gasteiger partial charge is 1.00 e. The minimum absolute atomic E-state index is 0. The Balaban J connectivity index is -0.000000213. The standard InChI is InChI=1S/C9H14O6.Na.H2O3S.H/c1-6(10)13-4-9(15-8(3)12)5-14-7(2)11;;1-4(2)3;/h9H,4-5H2,1-3H3;;(H2,1,2,3);/q;+1;;-1. The molecular weight excluding hydrogens is 307 g/mol. The van der Waals surface area contributed by atoms with Crippen LogP contribution in [0.1, 0.15) is 22.2 Å². The average molecular weight is 324 g/mol. The van der Waals surface area contributed by atoms with Crippen molar-refractivity contribution in [2.24, 2.45) is 0 Å². The van der Waals surface area contributed by atoms with E-state index in [2.05, 4.69) is 9.47 Å². The van der Waals surface area contributed by atoms with Gasteiger partial charge in [0, 0.05) is 20.8 Å². The molecule has 114 valence electrons. The van der Waals surface area contributed by atoms with E-state index in [1.165, 1.54) is 20.8 Å². The summed E-state index contributed by atoms with van der Waals surface area (Å²) in [5.74, 6) is -1.51. The normalized spacial score (nSPS) is 8.95. The smallest absolute Gasteiger partial charge is 1.00 e. The average Bonchev–Trinajstić information content (AvgIpc) is 2.20. The summed E-state index contributed by atoms with van der Waals surface area (Å²) in [5, 5.41) is 0. The zero-order valence-corrected chi connectivity index (χ0v) is 14.5. The molecule has 9 nitrogen and oxygen atoms in total. The molecule has 0 aliphatic rings. The van der Waals surface area contributed by atoms with Crippen molar-refractivity contribution in [3.63, 3.8) is 0 Å². The molecule has 0 spiro atoms. The summed E-state index contributed by atoms with van der Waals surface area (Å²) in [5.41, 5.74) is 0.